The average molecular weight is 300 g/mol. The highest BCUT2D eigenvalue weighted by molar-refractivity contribution is 14.1. The Balaban J connectivity index is 2.35. The molecule has 0 radical (unpaired) electrons. The van der Waals surface area contributed by atoms with Crippen LogP contribution in [0.1, 0.15) is 12.0 Å². The Morgan fingerprint density at radius 3 is 2.57 bits per heavy atom. The van der Waals surface area contributed by atoms with Gasteiger partial charge in [-0.15, -0.1) is 0 Å². The molecule has 0 nitrogen and oxygen atoms in total. The fourth-order valence-corrected chi connectivity index (χ4v) is 2.34. The highest BCUT2D eigenvalue weighted by Gasteiger charge is 2.30. The zero-order valence-electron chi connectivity index (χ0n) is 7.58. The third-order valence-electron chi connectivity index (χ3n) is 2.32. The van der Waals surface area contributed by atoms with E-state index < -0.39 is 5.67 Å². The van der Waals surface area contributed by atoms with Crippen molar-refractivity contribution in [1.82, 2.24) is 0 Å². The molecule has 1 unspecified atom stereocenters. The third kappa shape index (κ3) is 1.90. The van der Waals surface area contributed by atoms with Gasteiger partial charge in [-0.2, -0.15) is 0 Å². The lowest BCUT2D eigenvalue weighted by Gasteiger charge is -2.24. The van der Waals surface area contributed by atoms with Crippen LogP contribution in [0.2, 0.25) is 0 Å². The van der Waals surface area contributed by atoms with E-state index in [4.69, 9.17) is 0 Å². The number of hydrogen-bond acceptors (Lipinski definition) is 0. The van der Waals surface area contributed by atoms with Crippen molar-refractivity contribution >= 4 is 22.6 Å². The maximum atomic E-state index is 14.4. The van der Waals surface area contributed by atoms with E-state index in [2.05, 4.69) is 22.6 Å². The summed E-state index contributed by atoms with van der Waals surface area (Å²) in [5.41, 5.74) is -0.578. The fraction of sp³-hybridized carbons (Fsp3) is 0.167. The molecule has 72 valence electrons. The number of allylic oxidation sites excluding steroid dienone is 4. The molecule has 2 rings (SSSR count). The lowest BCUT2D eigenvalue weighted by atomic mass is 9.89. The van der Waals surface area contributed by atoms with Crippen molar-refractivity contribution in [2.75, 3.05) is 0 Å². The first kappa shape index (κ1) is 9.90. The van der Waals surface area contributed by atoms with Gasteiger partial charge in [0.05, 0.1) is 0 Å². The van der Waals surface area contributed by atoms with Crippen LogP contribution >= 0.6 is 22.6 Å². The highest BCUT2D eigenvalue weighted by Crippen LogP contribution is 2.38. The van der Waals surface area contributed by atoms with Gasteiger partial charge in [-0.05, 0) is 37.8 Å². The first-order valence-corrected chi connectivity index (χ1v) is 5.57. The second-order valence-corrected chi connectivity index (χ2v) is 4.76. The normalized spacial score (nSPS) is 26.0. The van der Waals surface area contributed by atoms with Crippen LogP contribution < -0.4 is 0 Å². The summed E-state index contributed by atoms with van der Waals surface area (Å²) in [5.74, 6) is 0. The maximum Gasteiger partial charge on any atom is 0.158 e. The molecule has 0 saturated carbocycles. The lowest BCUT2D eigenvalue weighted by Crippen LogP contribution is -2.18. The van der Waals surface area contributed by atoms with Crippen LogP contribution in [0.15, 0.2) is 52.1 Å². The molecule has 0 amide bonds. The molecule has 1 aliphatic carbocycles. The predicted octanol–water partition coefficient (Wildman–Crippen LogP) is 4.13. The molecular weight excluding hydrogens is 290 g/mol. The summed E-state index contributed by atoms with van der Waals surface area (Å²) in [4.78, 5) is 0. The molecule has 1 aromatic rings. The zero-order valence-corrected chi connectivity index (χ0v) is 9.74. The van der Waals surface area contributed by atoms with Gasteiger partial charge in [0.1, 0.15) is 0 Å². The molecule has 0 aliphatic heterocycles. The minimum absolute atomic E-state index is 0.452. The van der Waals surface area contributed by atoms with Gasteiger partial charge in [-0.3, -0.25) is 0 Å². The van der Waals surface area contributed by atoms with Gasteiger partial charge in [0.25, 0.3) is 0 Å². The summed E-state index contributed by atoms with van der Waals surface area (Å²) >= 11 is 2.18. The molecule has 0 saturated heterocycles. The van der Waals surface area contributed by atoms with Crippen molar-refractivity contribution in [3.05, 3.63) is 57.7 Å². The van der Waals surface area contributed by atoms with Crippen LogP contribution in [0.3, 0.4) is 0 Å². The van der Waals surface area contributed by atoms with E-state index in [-0.39, 0.29) is 0 Å². The third-order valence-corrected chi connectivity index (χ3v) is 3.06. The van der Waals surface area contributed by atoms with Crippen molar-refractivity contribution in [3.63, 3.8) is 0 Å². The number of rotatable bonds is 1. The molecular formula is C12H10FI. The first-order valence-electron chi connectivity index (χ1n) is 4.49. The second-order valence-electron chi connectivity index (χ2n) is 3.38. The van der Waals surface area contributed by atoms with Crippen molar-refractivity contribution < 1.29 is 4.39 Å². The summed E-state index contributed by atoms with van der Waals surface area (Å²) in [7, 11) is 0. The van der Waals surface area contributed by atoms with Gasteiger partial charge in [0.15, 0.2) is 5.67 Å². The minimum atomic E-state index is -1.31. The lowest BCUT2D eigenvalue weighted by molar-refractivity contribution is 0.235. The molecule has 0 spiro atoms. The van der Waals surface area contributed by atoms with Crippen molar-refractivity contribution in [1.29, 1.82) is 0 Å². The maximum absolute atomic E-state index is 14.4. The Kier molecular flexibility index (Phi) is 2.72. The van der Waals surface area contributed by atoms with Crippen LogP contribution in [0, 0.1) is 0 Å². The Labute approximate surface area is 96.7 Å². The summed E-state index contributed by atoms with van der Waals surface area (Å²) in [5, 5.41) is 0. The molecule has 0 N–H and O–H groups in total. The summed E-state index contributed by atoms with van der Waals surface area (Å²) in [6.45, 7) is 0. The van der Waals surface area contributed by atoms with Crippen molar-refractivity contribution in [3.8, 4) is 0 Å². The Morgan fingerprint density at radius 1 is 1.21 bits per heavy atom. The van der Waals surface area contributed by atoms with Crippen LogP contribution in [0.4, 0.5) is 4.39 Å². The van der Waals surface area contributed by atoms with Gasteiger partial charge in [-0.25, -0.2) is 4.39 Å². The van der Waals surface area contributed by atoms with Crippen LogP contribution in [-0.2, 0) is 5.67 Å². The van der Waals surface area contributed by atoms with Gasteiger partial charge < -0.3 is 0 Å². The van der Waals surface area contributed by atoms with E-state index in [0.29, 0.717) is 6.42 Å². The largest absolute Gasteiger partial charge is 0.234 e. The van der Waals surface area contributed by atoms with Gasteiger partial charge in [0, 0.05) is 6.42 Å². The Morgan fingerprint density at radius 2 is 1.93 bits per heavy atom. The van der Waals surface area contributed by atoms with Crippen molar-refractivity contribution in [2.24, 2.45) is 0 Å². The van der Waals surface area contributed by atoms with Crippen molar-refractivity contribution in [2.45, 2.75) is 12.1 Å². The van der Waals surface area contributed by atoms with E-state index in [1.165, 1.54) is 0 Å². The quantitative estimate of drug-likeness (QED) is 0.684. The summed E-state index contributed by atoms with van der Waals surface area (Å²) in [6, 6.07) is 9.31. The standard InChI is InChI=1S/C12H10FI/c13-12(8-4-7-11(14)9-12)10-5-2-1-3-6-10/h1-8H,9H2. The van der Waals surface area contributed by atoms with Gasteiger partial charge >= 0.3 is 0 Å². The SMILES string of the molecule is FC1(c2ccccc2)C=CC=C(I)C1. The Hall–Kier alpha value is -0.640. The molecule has 0 bridgehead atoms. The number of halogens is 2. The van der Waals surface area contributed by atoms with E-state index >= 15 is 0 Å². The van der Waals surface area contributed by atoms with E-state index in [1.54, 1.807) is 12.2 Å². The molecule has 1 aliphatic rings. The zero-order chi connectivity index (χ0) is 10.0. The number of benzene rings is 1. The van der Waals surface area contributed by atoms with Crippen LogP contribution in [-0.4, -0.2) is 0 Å². The molecule has 1 aromatic carbocycles. The minimum Gasteiger partial charge on any atom is -0.234 e. The molecule has 0 heterocycles. The number of alkyl halides is 1. The average Bonchev–Trinajstić information content (AvgIpc) is 2.19. The molecule has 0 aromatic heterocycles. The summed E-state index contributed by atoms with van der Waals surface area (Å²) < 4.78 is 15.5. The smallest absolute Gasteiger partial charge is 0.158 e. The second kappa shape index (κ2) is 3.85. The molecule has 2 heteroatoms. The monoisotopic (exact) mass is 300 g/mol. The first-order chi connectivity index (χ1) is 6.71. The van der Waals surface area contributed by atoms with Crippen LogP contribution in [0.25, 0.3) is 0 Å². The van der Waals surface area contributed by atoms with E-state index in [1.807, 2.05) is 36.4 Å². The van der Waals surface area contributed by atoms with E-state index in [0.717, 1.165) is 9.14 Å². The predicted molar refractivity (Wildman–Crippen MR) is 65.1 cm³/mol. The molecule has 1 atom stereocenters. The highest BCUT2D eigenvalue weighted by atomic mass is 127. The topological polar surface area (TPSA) is 0 Å². The van der Waals surface area contributed by atoms with Gasteiger partial charge in [-0.1, -0.05) is 42.5 Å². The van der Waals surface area contributed by atoms with E-state index in [9.17, 15) is 4.39 Å². The fourth-order valence-electron chi connectivity index (χ4n) is 1.58. The number of hydrogen-bond donors (Lipinski definition) is 0. The molecule has 14 heavy (non-hydrogen) atoms. The van der Waals surface area contributed by atoms with Gasteiger partial charge in [0.2, 0.25) is 0 Å². The summed E-state index contributed by atoms with van der Waals surface area (Å²) in [6.07, 6.45) is 5.82. The van der Waals surface area contributed by atoms with Crippen LogP contribution in [0.5, 0.6) is 0 Å². The Bertz CT molecular complexity index is 381. The molecule has 0 fully saturated rings.